The van der Waals surface area contributed by atoms with Crippen molar-refractivity contribution in [3.8, 4) is 5.75 Å². The fourth-order valence-corrected chi connectivity index (χ4v) is 5.24. The van der Waals surface area contributed by atoms with E-state index in [9.17, 15) is 13.2 Å². The number of carbonyl (C=O) groups is 1. The Hall–Kier alpha value is -1.46. The van der Waals surface area contributed by atoms with Gasteiger partial charge in [0, 0.05) is 16.3 Å². The first-order chi connectivity index (χ1) is 15.3. The van der Waals surface area contributed by atoms with Crippen LogP contribution in [0.25, 0.3) is 5.41 Å². The van der Waals surface area contributed by atoms with E-state index in [0.29, 0.717) is 22.1 Å². The van der Waals surface area contributed by atoms with Gasteiger partial charge < -0.3 is 19.9 Å². The second kappa shape index (κ2) is 12.8. The molecule has 0 bridgehead atoms. The zero-order chi connectivity index (χ0) is 23.1. The summed E-state index contributed by atoms with van der Waals surface area (Å²) in [7, 11) is -2.79. The second-order valence-electron chi connectivity index (χ2n) is 6.40. The number of methoxy groups -OCH3 is 1. The van der Waals surface area contributed by atoms with Gasteiger partial charge in [-0.1, -0.05) is 41.9 Å². The van der Waals surface area contributed by atoms with Crippen LogP contribution in [-0.4, -0.2) is 27.4 Å². The summed E-state index contributed by atoms with van der Waals surface area (Å²) in [6, 6.07) is 19.9. The van der Waals surface area contributed by atoms with E-state index < -0.39 is 15.9 Å². The zero-order valence-corrected chi connectivity index (χ0v) is 23.3. The van der Waals surface area contributed by atoms with Gasteiger partial charge in [0.15, 0.2) is 0 Å². The number of hydrogen-bond donors (Lipinski definition) is 1. The van der Waals surface area contributed by atoms with Crippen molar-refractivity contribution in [1.82, 2.24) is 0 Å². The summed E-state index contributed by atoms with van der Waals surface area (Å²) >= 11 is 7.55. The number of rotatable bonds is 8. The largest absolute Gasteiger partial charge is 1.00 e. The summed E-state index contributed by atoms with van der Waals surface area (Å²) in [6.45, 7) is 0. The molecule has 0 saturated heterocycles. The number of thioether (sulfide) groups is 1. The first-order valence-electron chi connectivity index (χ1n) is 9.16. The van der Waals surface area contributed by atoms with Crippen molar-refractivity contribution < 1.29 is 69.3 Å². The molecule has 11 heteroatoms. The average molecular weight is 526 g/mol. The summed E-state index contributed by atoms with van der Waals surface area (Å²) < 4.78 is 33.3. The number of ether oxygens (including phenoxy) is 1. The maximum Gasteiger partial charge on any atom is 1.00 e. The molecule has 164 valence electrons. The first kappa shape index (κ1) is 27.8. The van der Waals surface area contributed by atoms with Crippen molar-refractivity contribution in [2.45, 2.75) is 15.5 Å². The smallest absolute Gasteiger partial charge is 0.497 e. The van der Waals surface area contributed by atoms with Gasteiger partial charge >= 0.3 is 51.4 Å². The molecule has 0 spiro atoms. The second-order valence-corrected chi connectivity index (χ2v) is 9.40. The molecule has 3 aromatic rings. The number of nitrogens with zero attached hydrogens (tertiary/aromatic N) is 2. The van der Waals surface area contributed by atoms with Crippen molar-refractivity contribution in [1.29, 1.82) is 0 Å². The van der Waals surface area contributed by atoms with Crippen molar-refractivity contribution in [3.05, 3.63) is 88.3 Å². The SMILES string of the molecule is COc1ccc(NC(=O)c2cc(S(=O)(=O)N=C=[N-])c(SCc3ccccc3)cc2Cl)cc1.[K+]. The minimum atomic E-state index is -4.31. The third-order valence-corrected chi connectivity index (χ3v) is 7.09. The number of benzene rings is 3. The topological polar surface area (TPSA) is 107 Å². The van der Waals surface area contributed by atoms with E-state index in [1.807, 2.05) is 30.3 Å². The molecule has 0 aliphatic heterocycles. The predicted molar refractivity (Wildman–Crippen MR) is 126 cm³/mol. The van der Waals surface area contributed by atoms with Crippen LogP contribution in [0.4, 0.5) is 5.69 Å². The first-order valence-corrected chi connectivity index (χ1v) is 12.0. The Kier molecular flexibility index (Phi) is 10.8. The summed E-state index contributed by atoms with van der Waals surface area (Å²) in [6.07, 6.45) is 0. The molecular weight excluding hydrogens is 509 g/mol. The Balaban J connectivity index is 0.00000385. The van der Waals surface area contributed by atoms with E-state index in [1.54, 1.807) is 24.3 Å². The number of hydrogen-bond acceptors (Lipinski definition) is 5. The molecule has 3 aromatic carbocycles. The van der Waals surface area contributed by atoms with Crippen molar-refractivity contribution in [2.75, 3.05) is 12.4 Å². The molecule has 33 heavy (non-hydrogen) atoms. The molecule has 7 nitrogen and oxygen atoms in total. The minimum Gasteiger partial charge on any atom is -0.497 e. The van der Waals surface area contributed by atoms with Crippen LogP contribution in [0.2, 0.25) is 5.02 Å². The molecule has 0 atom stereocenters. The Morgan fingerprint density at radius 3 is 2.42 bits per heavy atom. The van der Waals surface area contributed by atoms with Crippen LogP contribution >= 0.6 is 23.4 Å². The molecule has 0 aromatic heterocycles. The van der Waals surface area contributed by atoms with Gasteiger partial charge in [0.05, 0.1) is 22.6 Å². The van der Waals surface area contributed by atoms with Gasteiger partial charge in [0.25, 0.3) is 5.91 Å². The van der Waals surface area contributed by atoms with Gasteiger partial charge in [0.1, 0.15) is 5.75 Å². The third kappa shape index (κ3) is 7.51. The van der Waals surface area contributed by atoms with Gasteiger partial charge in [-0.15, -0.1) is 17.8 Å². The number of halogens is 1. The van der Waals surface area contributed by atoms with E-state index in [-0.39, 0.29) is 66.9 Å². The molecular formula is C22H17ClKN3O4S2. The Morgan fingerprint density at radius 1 is 1.15 bits per heavy atom. The fourth-order valence-electron chi connectivity index (χ4n) is 2.73. The van der Waals surface area contributed by atoms with Crippen LogP contribution < -0.4 is 61.4 Å². The van der Waals surface area contributed by atoms with Crippen LogP contribution in [0.15, 0.2) is 80.9 Å². The molecule has 0 radical (unpaired) electrons. The Bertz CT molecular complexity index is 1280. The number of sulfonamides is 1. The van der Waals surface area contributed by atoms with Gasteiger partial charge in [-0.05, 0) is 42.0 Å². The summed E-state index contributed by atoms with van der Waals surface area (Å²) in [4.78, 5) is 12.8. The molecule has 0 aliphatic carbocycles. The van der Waals surface area contributed by atoms with E-state index in [1.165, 1.54) is 30.9 Å². The molecule has 0 saturated carbocycles. The molecule has 0 fully saturated rings. The van der Waals surface area contributed by atoms with Crippen LogP contribution in [0.3, 0.4) is 0 Å². The minimum absolute atomic E-state index is 0. The average Bonchev–Trinajstić information content (AvgIpc) is 2.78. The number of carbonyl (C=O) groups excluding carboxylic acids is 1. The van der Waals surface area contributed by atoms with Crippen LogP contribution in [0.5, 0.6) is 5.75 Å². The normalized spacial score (nSPS) is 10.5. The zero-order valence-electron chi connectivity index (χ0n) is 17.8. The van der Waals surface area contributed by atoms with Gasteiger partial charge in [-0.25, -0.2) is 8.42 Å². The molecule has 3 rings (SSSR count). The van der Waals surface area contributed by atoms with Crippen LogP contribution in [0, 0.1) is 0 Å². The van der Waals surface area contributed by atoms with Crippen molar-refractivity contribution >= 4 is 51.0 Å². The molecule has 0 heterocycles. The van der Waals surface area contributed by atoms with Crippen molar-refractivity contribution in [3.63, 3.8) is 0 Å². The van der Waals surface area contributed by atoms with Crippen molar-refractivity contribution in [2.24, 2.45) is 4.40 Å². The summed E-state index contributed by atoms with van der Waals surface area (Å²) in [5, 5.41) is 11.5. The van der Waals surface area contributed by atoms with Crippen LogP contribution in [0.1, 0.15) is 15.9 Å². The Morgan fingerprint density at radius 2 is 1.82 bits per heavy atom. The standard InChI is InChI=1S/C22H17ClN3O4S2.K/c1-30-17-9-7-16(8-10-17)26-22(27)18-11-21(32(28,29)25-14-24)20(12-19(18)23)31-13-15-5-3-2-4-6-15;/h2-12H,13H2,1H3,(H,26,27);/q-1;+1. The molecule has 1 N–H and O–H groups in total. The Labute approximate surface area is 244 Å². The van der Waals surface area contributed by atoms with Gasteiger partial charge in [-0.3, -0.25) is 4.79 Å². The summed E-state index contributed by atoms with van der Waals surface area (Å²) in [5.41, 5.74) is 1.38. The maximum absolute atomic E-state index is 12.8. The summed E-state index contributed by atoms with van der Waals surface area (Å²) in [5.74, 6) is 0.476. The van der Waals surface area contributed by atoms with Gasteiger partial charge in [0.2, 0.25) is 10.0 Å². The van der Waals surface area contributed by atoms with E-state index in [0.717, 1.165) is 11.6 Å². The quantitative estimate of drug-likeness (QED) is 0.276. The predicted octanol–water partition coefficient (Wildman–Crippen LogP) is 2.33. The van der Waals surface area contributed by atoms with E-state index in [4.69, 9.17) is 21.7 Å². The number of amides is 1. The number of anilines is 1. The fraction of sp³-hybridized carbons (Fsp3) is 0.0909. The monoisotopic (exact) mass is 525 g/mol. The molecule has 1 amide bonds. The third-order valence-electron chi connectivity index (χ3n) is 4.30. The number of nitrogens with one attached hydrogen (secondary N) is 1. The van der Waals surface area contributed by atoms with E-state index in [2.05, 4.69) is 9.71 Å². The molecule has 0 aliphatic rings. The molecule has 0 unspecified atom stereocenters. The maximum atomic E-state index is 12.8. The van der Waals surface area contributed by atoms with Crippen LogP contribution in [-0.2, 0) is 15.8 Å². The van der Waals surface area contributed by atoms with E-state index >= 15 is 0 Å². The van der Waals surface area contributed by atoms with Gasteiger partial charge in [-0.2, -0.15) is 0 Å².